The Morgan fingerprint density at radius 3 is 0.934 bits per heavy atom. The fourth-order valence-electron chi connectivity index (χ4n) is 9.05. The van der Waals surface area contributed by atoms with Gasteiger partial charge in [0.2, 0.25) is 5.91 Å². The first kappa shape index (κ1) is 60.1. The molecule has 1 amide bonds. The zero-order valence-corrected chi connectivity index (χ0v) is 41.4. The Balaban J connectivity index is 3.40. The van der Waals surface area contributed by atoms with Crippen LogP contribution < -0.4 is 5.32 Å². The van der Waals surface area contributed by atoms with E-state index in [2.05, 4.69) is 12.2 Å². The molecule has 0 aromatic carbocycles. The summed E-state index contributed by atoms with van der Waals surface area (Å²) in [6.07, 6.45) is 66.7. The second kappa shape index (κ2) is 53.4. The number of carbonyl (C=O) groups excluding carboxylic acids is 1. The first-order chi connectivity index (χ1) is 30.2. The number of rotatable bonds is 53. The highest BCUT2D eigenvalue weighted by Crippen LogP contribution is 2.18. The van der Waals surface area contributed by atoms with E-state index in [1.165, 1.54) is 270 Å². The summed E-state index contributed by atoms with van der Waals surface area (Å²) in [5.74, 6) is -0.0593. The first-order valence-corrected chi connectivity index (χ1v) is 28.0. The molecule has 0 aliphatic carbocycles. The molecule has 0 spiro atoms. The minimum atomic E-state index is -0.837. The maximum atomic E-state index is 12.5. The third kappa shape index (κ3) is 50.0. The van der Waals surface area contributed by atoms with E-state index in [9.17, 15) is 15.0 Å². The Labute approximate surface area is 382 Å². The van der Waals surface area contributed by atoms with Crippen LogP contribution in [0.2, 0.25) is 0 Å². The molecule has 0 saturated heterocycles. The zero-order valence-electron chi connectivity index (χ0n) is 41.4. The smallest absolute Gasteiger partial charge is 0.220 e. The predicted molar refractivity (Wildman–Crippen MR) is 269 cm³/mol. The van der Waals surface area contributed by atoms with Crippen LogP contribution in [-0.2, 0) is 4.79 Å². The van der Waals surface area contributed by atoms with Gasteiger partial charge < -0.3 is 20.6 Å². The molecular formula is C56H111NO4. The molecule has 5 nitrogen and oxygen atoms in total. The van der Waals surface area contributed by atoms with Crippen LogP contribution in [-0.4, -0.2) is 46.6 Å². The van der Waals surface area contributed by atoms with Crippen molar-refractivity contribution in [3.63, 3.8) is 0 Å². The Morgan fingerprint density at radius 1 is 0.393 bits per heavy atom. The summed E-state index contributed by atoms with van der Waals surface area (Å²) < 4.78 is 0. The highest BCUT2D eigenvalue weighted by atomic mass is 16.3. The highest BCUT2D eigenvalue weighted by molar-refractivity contribution is 5.76. The average Bonchev–Trinajstić information content (AvgIpc) is 3.26. The summed E-state index contributed by atoms with van der Waals surface area (Å²) in [5, 5.41) is 32.0. The number of amides is 1. The molecule has 0 bridgehead atoms. The fourth-order valence-corrected chi connectivity index (χ4v) is 9.05. The van der Waals surface area contributed by atoms with Crippen LogP contribution in [0.15, 0.2) is 12.2 Å². The van der Waals surface area contributed by atoms with Gasteiger partial charge in [0.25, 0.3) is 0 Å². The summed E-state index contributed by atoms with van der Waals surface area (Å²) >= 11 is 0. The summed E-state index contributed by atoms with van der Waals surface area (Å²) in [5.41, 5.74) is 0. The summed E-state index contributed by atoms with van der Waals surface area (Å²) in [6, 6.07) is -0.620. The van der Waals surface area contributed by atoms with Gasteiger partial charge in [0.15, 0.2) is 0 Å². The lowest BCUT2D eigenvalue weighted by Gasteiger charge is -2.20. The third-order valence-corrected chi connectivity index (χ3v) is 13.3. The van der Waals surface area contributed by atoms with E-state index in [0.29, 0.717) is 13.0 Å². The molecular weight excluding hydrogens is 751 g/mol. The standard InChI is InChI=1S/C56H111NO4/c1-2-3-4-5-6-7-8-9-10-26-29-32-35-38-41-44-47-50-55(60)54(53-59)57-56(61)51-48-45-42-39-36-33-30-27-24-22-20-18-16-14-12-11-13-15-17-19-21-23-25-28-31-34-37-40-43-46-49-52-58/h47,50,54-55,58-60H,2-46,48-49,51-53H2,1H3,(H,57,61). The summed E-state index contributed by atoms with van der Waals surface area (Å²) in [6.45, 7) is 2.40. The molecule has 4 N–H and O–H groups in total. The van der Waals surface area contributed by atoms with E-state index in [4.69, 9.17) is 5.11 Å². The molecule has 364 valence electrons. The Hall–Kier alpha value is -0.910. The molecule has 2 unspecified atom stereocenters. The molecule has 0 saturated carbocycles. The maximum Gasteiger partial charge on any atom is 0.220 e. The van der Waals surface area contributed by atoms with Crippen LogP contribution in [0.1, 0.15) is 315 Å². The van der Waals surface area contributed by atoms with E-state index < -0.39 is 12.1 Å². The molecule has 2 atom stereocenters. The highest BCUT2D eigenvalue weighted by Gasteiger charge is 2.18. The molecule has 0 heterocycles. The monoisotopic (exact) mass is 862 g/mol. The Morgan fingerprint density at radius 2 is 0.656 bits per heavy atom. The van der Waals surface area contributed by atoms with Crippen molar-refractivity contribution in [1.29, 1.82) is 0 Å². The van der Waals surface area contributed by atoms with Gasteiger partial charge >= 0.3 is 0 Å². The largest absolute Gasteiger partial charge is 0.396 e. The summed E-state index contributed by atoms with van der Waals surface area (Å²) in [4.78, 5) is 12.5. The van der Waals surface area contributed by atoms with Gasteiger partial charge in [-0.3, -0.25) is 4.79 Å². The van der Waals surface area contributed by atoms with Gasteiger partial charge in [-0.1, -0.05) is 295 Å². The molecule has 0 radical (unpaired) electrons. The number of hydrogen-bond acceptors (Lipinski definition) is 4. The normalized spacial score (nSPS) is 12.8. The number of aliphatic hydroxyl groups is 3. The zero-order chi connectivity index (χ0) is 44.2. The van der Waals surface area contributed by atoms with Crippen molar-refractivity contribution in [3.8, 4) is 0 Å². The predicted octanol–water partition coefficient (Wildman–Crippen LogP) is 17.1. The van der Waals surface area contributed by atoms with E-state index in [-0.39, 0.29) is 12.5 Å². The lowest BCUT2D eigenvalue weighted by atomic mass is 10.0. The van der Waals surface area contributed by atoms with Crippen molar-refractivity contribution in [1.82, 2.24) is 5.32 Å². The molecule has 0 aliphatic heterocycles. The second-order valence-electron chi connectivity index (χ2n) is 19.4. The van der Waals surface area contributed by atoms with Crippen molar-refractivity contribution in [2.24, 2.45) is 0 Å². The number of nitrogens with one attached hydrogen (secondary N) is 1. The quantitative estimate of drug-likeness (QED) is 0.0362. The molecule has 5 heteroatoms. The second-order valence-corrected chi connectivity index (χ2v) is 19.4. The minimum absolute atomic E-state index is 0.0593. The lowest BCUT2D eigenvalue weighted by molar-refractivity contribution is -0.123. The van der Waals surface area contributed by atoms with Crippen LogP contribution in [0.25, 0.3) is 0 Å². The van der Waals surface area contributed by atoms with Crippen LogP contribution in [0.4, 0.5) is 0 Å². The van der Waals surface area contributed by atoms with Crippen LogP contribution in [0, 0.1) is 0 Å². The number of aliphatic hydroxyl groups excluding tert-OH is 3. The number of unbranched alkanes of at least 4 members (excludes halogenated alkanes) is 45. The number of carbonyl (C=O) groups is 1. The average molecular weight is 863 g/mol. The van der Waals surface area contributed by atoms with E-state index in [1.54, 1.807) is 6.08 Å². The van der Waals surface area contributed by atoms with Crippen molar-refractivity contribution in [2.75, 3.05) is 13.2 Å². The Kier molecular flexibility index (Phi) is 52.6. The number of hydrogen-bond donors (Lipinski definition) is 4. The van der Waals surface area contributed by atoms with Crippen LogP contribution in [0.5, 0.6) is 0 Å². The van der Waals surface area contributed by atoms with Gasteiger partial charge in [-0.05, 0) is 25.7 Å². The molecule has 0 rings (SSSR count). The minimum Gasteiger partial charge on any atom is -0.396 e. The van der Waals surface area contributed by atoms with Gasteiger partial charge in [0.1, 0.15) is 0 Å². The van der Waals surface area contributed by atoms with Gasteiger partial charge in [-0.2, -0.15) is 0 Å². The van der Waals surface area contributed by atoms with Crippen molar-refractivity contribution < 1.29 is 20.1 Å². The van der Waals surface area contributed by atoms with E-state index >= 15 is 0 Å². The summed E-state index contributed by atoms with van der Waals surface area (Å²) in [7, 11) is 0. The lowest BCUT2D eigenvalue weighted by Crippen LogP contribution is -2.45. The van der Waals surface area contributed by atoms with E-state index in [1.807, 2.05) is 6.08 Å². The first-order valence-electron chi connectivity index (χ1n) is 28.0. The fraction of sp³-hybridized carbons (Fsp3) is 0.946. The topological polar surface area (TPSA) is 89.8 Å². The van der Waals surface area contributed by atoms with Gasteiger partial charge in [-0.15, -0.1) is 0 Å². The van der Waals surface area contributed by atoms with E-state index in [0.717, 1.165) is 32.1 Å². The van der Waals surface area contributed by atoms with Gasteiger partial charge in [0, 0.05) is 13.0 Å². The SMILES string of the molecule is CCCCCCCCCCCCCCCCCC=CC(O)C(CO)NC(=O)CCCCCCCCCCCCCCCCCCCCCCCCCCCCCCCCCO. The van der Waals surface area contributed by atoms with Crippen molar-refractivity contribution in [2.45, 2.75) is 327 Å². The molecule has 0 aliphatic rings. The molecule has 0 fully saturated rings. The molecule has 61 heavy (non-hydrogen) atoms. The number of allylic oxidation sites excluding steroid dienone is 1. The molecule has 0 aromatic rings. The maximum absolute atomic E-state index is 12.5. The van der Waals surface area contributed by atoms with Crippen molar-refractivity contribution >= 4 is 5.91 Å². The Bertz CT molecular complexity index is 848. The van der Waals surface area contributed by atoms with Crippen molar-refractivity contribution in [3.05, 3.63) is 12.2 Å². The van der Waals surface area contributed by atoms with Gasteiger partial charge in [-0.25, -0.2) is 0 Å². The van der Waals surface area contributed by atoms with Crippen LogP contribution in [0.3, 0.4) is 0 Å². The molecule has 0 aromatic heterocycles. The third-order valence-electron chi connectivity index (χ3n) is 13.3. The van der Waals surface area contributed by atoms with Gasteiger partial charge in [0.05, 0.1) is 18.8 Å². The van der Waals surface area contributed by atoms with Crippen LogP contribution >= 0.6 is 0 Å².